The van der Waals surface area contributed by atoms with Gasteiger partial charge in [0.2, 0.25) is 11.8 Å². The van der Waals surface area contributed by atoms with Gasteiger partial charge in [0, 0.05) is 37.8 Å². The summed E-state index contributed by atoms with van der Waals surface area (Å²) in [5, 5.41) is 16.7. The molecule has 1 aliphatic heterocycles. The Labute approximate surface area is 250 Å². The minimum Gasteiger partial charge on any atom is -0.472 e. The van der Waals surface area contributed by atoms with Crippen molar-refractivity contribution in [1.29, 1.82) is 0 Å². The largest absolute Gasteiger partial charge is 0.472 e. The lowest BCUT2D eigenvalue weighted by Gasteiger charge is -2.22. The van der Waals surface area contributed by atoms with Gasteiger partial charge in [-0.25, -0.2) is 22.9 Å². The number of alkyl carbamates (subject to hydrolysis) is 1. The molecule has 2 aromatic heterocycles. The van der Waals surface area contributed by atoms with E-state index in [2.05, 4.69) is 25.1 Å². The Bertz CT molecular complexity index is 1580. The van der Waals surface area contributed by atoms with E-state index in [1.54, 1.807) is 33.9 Å². The molecule has 3 N–H and O–H groups in total. The highest BCUT2D eigenvalue weighted by atomic mass is 32.2. The number of rotatable bonds is 9. The van der Waals surface area contributed by atoms with Crippen molar-refractivity contribution in [2.24, 2.45) is 7.05 Å². The molecule has 1 fully saturated rings. The van der Waals surface area contributed by atoms with E-state index in [4.69, 9.17) is 9.47 Å². The molecule has 0 spiro atoms. The predicted molar refractivity (Wildman–Crippen MR) is 157 cm³/mol. The topological polar surface area (TPSA) is 178 Å². The quantitative estimate of drug-likeness (QED) is 0.323. The second-order valence-electron chi connectivity index (χ2n) is 11.3. The van der Waals surface area contributed by atoms with E-state index in [1.807, 2.05) is 32.0 Å². The van der Waals surface area contributed by atoms with Crippen LogP contribution >= 0.6 is 0 Å². The normalized spacial score (nSPS) is 16.1. The predicted octanol–water partition coefficient (Wildman–Crippen LogP) is 2.16. The molecular weight excluding hydrogens is 578 g/mol. The number of sulfonamides is 1. The van der Waals surface area contributed by atoms with Crippen LogP contribution in [-0.4, -0.2) is 87.6 Å². The number of carbonyl (C=O) groups excluding carboxylic acids is 2. The van der Waals surface area contributed by atoms with Gasteiger partial charge in [0.15, 0.2) is 0 Å². The molecule has 3 heterocycles. The highest BCUT2D eigenvalue weighted by molar-refractivity contribution is 7.92. The van der Waals surface area contributed by atoms with Gasteiger partial charge >= 0.3 is 6.09 Å². The van der Waals surface area contributed by atoms with Crippen LogP contribution in [0.15, 0.2) is 41.6 Å². The summed E-state index contributed by atoms with van der Waals surface area (Å²) in [5.41, 5.74) is 2.41. The first-order chi connectivity index (χ1) is 20.1. The van der Waals surface area contributed by atoms with Crippen molar-refractivity contribution in [3.8, 4) is 17.1 Å². The first-order valence-electron chi connectivity index (χ1n) is 13.7. The fourth-order valence-electron chi connectivity index (χ4n) is 4.58. The van der Waals surface area contributed by atoms with E-state index in [0.717, 1.165) is 16.7 Å². The zero-order valence-electron chi connectivity index (χ0n) is 25.0. The van der Waals surface area contributed by atoms with Gasteiger partial charge in [0.1, 0.15) is 22.7 Å². The summed E-state index contributed by atoms with van der Waals surface area (Å²) < 4.78 is 41.1. The van der Waals surface area contributed by atoms with Crippen molar-refractivity contribution in [1.82, 2.24) is 30.0 Å². The fourth-order valence-corrected chi connectivity index (χ4v) is 5.51. The van der Waals surface area contributed by atoms with E-state index in [1.165, 1.54) is 22.0 Å². The lowest BCUT2D eigenvalue weighted by Crippen LogP contribution is -2.45. The molecule has 1 aromatic carbocycles. The number of amides is 2. The maximum atomic E-state index is 13.0. The van der Waals surface area contributed by atoms with Crippen molar-refractivity contribution < 1.29 is 32.6 Å². The zero-order chi connectivity index (χ0) is 31.5. The molecule has 2 atom stereocenters. The smallest absolute Gasteiger partial charge is 0.407 e. The van der Waals surface area contributed by atoms with Crippen molar-refractivity contribution >= 4 is 28.0 Å². The van der Waals surface area contributed by atoms with Gasteiger partial charge in [-0.3, -0.25) is 9.48 Å². The first-order valence-corrected chi connectivity index (χ1v) is 15.2. The number of aliphatic hydroxyl groups excluding tert-OH is 1. The average Bonchev–Trinajstić information content (AvgIpc) is 3.55. The molecule has 4 rings (SSSR count). The average molecular weight is 616 g/mol. The molecule has 14 nitrogen and oxygen atoms in total. The second kappa shape index (κ2) is 12.6. The van der Waals surface area contributed by atoms with Crippen molar-refractivity contribution in [2.75, 3.05) is 24.4 Å². The summed E-state index contributed by atoms with van der Waals surface area (Å²) in [6, 6.07) is 7.39. The van der Waals surface area contributed by atoms with Crippen molar-refractivity contribution in [3.05, 3.63) is 47.8 Å². The van der Waals surface area contributed by atoms with Crippen LogP contribution in [0.25, 0.3) is 11.3 Å². The van der Waals surface area contributed by atoms with E-state index in [9.17, 15) is 23.1 Å². The highest BCUT2D eigenvalue weighted by Crippen LogP contribution is 2.30. The Morgan fingerprint density at radius 2 is 1.88 bits per heavy atom. The Hall–Kier alpha value is -4.24. The van der Waals surface area contributed by atoms with Gasteiger partial charge in [-0.15, -0.1) is 0 Å². The fraction of sp³-hybridized carbons (Fsp3) is 0.464. The second-order valence-corrected chi connectivity index (χ2v) is 13.0. The number of aromatic nitrogens is 4. The van der Waals surface area contributed by atoms with E-state index < -0.39 is 39.8 Å². The lowest BCUT2D eigenvalue weighted by atomic mass is 10.00. The van der Waals surface area contributed by atoms with Gasteiger partial charge in [0.25, 0.3) is 15.9 Å². The summed E-state index contributed by atoms with van der Waals surface area (Å²) in [6.07, 6.45) is 0.332. The van der Waals surface area contributed by atoms with Gasteiger partial charge in [0.05, 0.1) is 25.0 Å². The van der Waals surface area contributed by atoms with Crippen LogP contribution in [0.1, 0.15) is 38.3 Å². The third kappa shape index (κ3) is 8.20. The molecule has 232 valence electrons. The highest BCUT2D eigenvalue weighted by Gasteiger charge is 2.32. The zero-order valence-corrected chi connectivity index (χ0v) is 25.8. The first kappa shape index (κ1) is 31.7. The minimum absolute atomic E-state index is 0.0526. The number of aryl methyl sites for hydroxylation is 3. The van der Waals surface area contributed by atoms with Crippen molar-refractivity contribution in [3.63, 3.8) is 0 Å². The molecular formula is C28H37N7O7S. The molecule has 43 heavy (non-hydrogen) atoms. The van der Waals surface area contributed by atoms with Crippen LogP contribution in [0.5, 0.6) is 5.88 Å². The number of nitrogens with one attached hydrogen (secondary N) is 2. The van der Waals surface area contributed by atoms with Crippen LogP contribution < -0.4 is 14.8 Å². The Balaban J connectivity index is 1.50. The molecule has 15 heteroatoms. The molecule has 2 unspecified atom stereocenters. The number of ether oxygens (including phenoxy) is 2. The SMILES string of the molecule is Cc1cccc(C)c1-c1cc(OC2CCN(C(=O)C(O)CNC(=O)OC(C)(C)C)C2)nc(NS(=O)(=O)c2cnn(C)c2)n1. The van der Waals surface area contributed by atoms with Crippen molar-refractivity contribution in [2.45, 2.75) is 63.7 Å². The molecule has 0 radical (unpaired) electrons. The molecule has 0 aliphatic carbocycles. The van der Waals surface area contributed by atoms with Gasteiger partial charge in [-0.2, -0.15) is 10.1 Å². The number of aliphatic hydroxyl groups is 1. The maximum absolute atomic E-state index is 13.0. The van der Waals surface area contributed by atoms with Crippen LogP contribution in [0.3, 0.4) is 0 Å². The number of likely N-dealkylation sites (tertiary alicyclic amines) is 1. The standard InChI is InChI=1S/C28H37N7O7S/c1-17-8-7-9-18(2)24(17)21-12-23(32-26(31-21)33-43(39,40)20-13-30-34(6)16-20)41-19-10-11-35(15-19)25(37)22(36)14-29-27(38)42-28(3,4)5/h7-9,12-13,16,19,22,36H,10-11,14-15H2,1-6H3,(H,29,38)(H,31,32,33). The number of carbonyl (C=O) groups is 2. The summed E-state index contributed by atoms with van der Waals surface area (Å²) in [6.45, 7) is 9.13. The summed E-state index contributed by atoms with van der Waals surface area (Å²) in [7, 11) is -2.43. The van der Waals surface area contributed by atoms with E-state index >= 15 is 0 Å². The van der Waals surface area contributed by atoms with E-state index in [0.29, 0.717) is 18.7 Å². The van der Waals surface area contributed by atoms with Crippen LogP contribution in [0, 0.1) is 13.8 Å². The molecule has 3 aromatic rings. The lowest BCUT2D eigenvalue weighted by molar-refractivity contribution is -0.139. The third-order valence-corrected chi connectivity index (χ3v) is 7.81. The monoisotopic (exact) mass is 615 g/mol. The Morgan fingerprint density at radius 3 is 2.51 bits per heavy atom. The Morgan fingerprint density at radius 1 is 1.19 bits per heavy atom. The molecule has 0 bridgehead atoms. The van der Waals surface area contributed by atoms with Crippen LogP contribution in [0.2, 0.25) is 0 Å². The maximum Gasteiger partial charge on any atom is 0.407 e. The number of benzene rings is 1. The van der Waals surface area contributed by atoms with Gasteiger partial charge < -0.3 is 24.8 Å². The molecule has 2 amide bonds. The van der Waals surface area contributed by atoms with Gasteiger partial charge in [-0.1, -0.05) is 18.2 Å². The number of hydrogen-bond donors (Lipinski definition) is 3. The summed E-state index contributed by atoms with van der Waals surface area (Å²) >= 11 is 0. The minimum atomic E-state index is -4.04. The number of nitrogens with zero attached hydrogens (tertiary/aromatic N) is 5. The Kier molecular flexibility index (Phi) is 9.25. The summed E-state index contributed by atoms with van der Waals surface area (Å²) in [5.74, 6) is -0.637. The van der Waals surface area contributed by atoms with E-state index in [-0.39, 0.29) is 29.8 Å². The number of hydrogen-bond acceptors (Lipinski definition) is 10. The van der Waals surface area contributed by atoms with Gasteiger partial charge in [-0.05, 0) is 45.7 Å². The molecule has 0 saturated carbocycles. The third-order valence-electron chi connectivity index (χ3n) is 6.52. The summed E-state index contributed by atoms with van der Waals surface area (Å²) in [4.78, 5) is 34.9. The van der Waals surface area contributed by atoms with Crippen LogP contribution in [-0.2, 0) is 26.6 Å². The number of anilines is 1. The molecule has 1 saturated heterocycles. The van der Waals surface area contributed by atoms with Crippen LogP contribution in [0.4, 0.5) is 10.7 Å². The molecule has 1 aliphatic rings.